The molecule has 0 amide bonds. The number of aliphatic carboxylic acids is 2. The summed E-state index contributed by atoms with van der Waals surface area (Å²) in [5.74, 6) is -2.58. The van der Waals surface area contributed by atoms with Crippen molar-refractivity contribution in [1.29, 1.82) is 0 Å². The van der Waals surface area contributed by atoms with Crippen molar-refractivity contribution >= 4 is 27.6 Å². The van der Waals surface area contributed by atoms with E-state index in [9.17, 15) is 18.0 Å². The van der Waals surface area contributed by atoms with E-state index in [-0.39, 0.29) is 10.6 Å². The highest BCUT2D eigenvalue weighted by Gasteiger charge is 2.20. The Bertz CT molecular complexity index is 581. The minimum Gasteiger partial charge on any atom is -0.481 e. The number of carboxylic acids is 2. The van der Waals surface area contributed by atoms with E-state index in [1.807, 2.05) is 0 Å². The van der Waals surface area contributed by atoms with Gasteiger partial charge in [0.15, 0.2) is 0 Å². The lowest BCUT2D eigenvalue weighted by Crippen LogP contribution is -2.31. The summed E-state index contributed by atoms with van der Waals surface area (Å²) in [6, 6.07) is 3.68. The number of anilines is 1. The number of benzene rings is 1. The van der Waals surface area contributed by atoms with Crippen molar-refractivity contribution in [1.82, 2.24) is 0 Å². The number of rotatable bonds is 6. The number of nitrogens with two attached hydrogens (primary N) is 1. The highest BCUT2D eigenvalue weighted by atomic mass is 32.2. The van der Waals surface area contributed by atoms with Crippen LogP contribution in [-0.4, -0.2) is 36.6 Å². The van der Waals surface area contributed by atoms with E-state index in [0.717, 1.165) is 0 Å². The van der Waals surface area contributed by atoms with Gasteiger partial charge in [-0.25, -0.2) is 18.4 Å². The predicted octanol–water partition coefficient (Wildman–Crippen LogP) is -0.326. The molecule has 0 saturated heterocycles. The van der Waals surface area contributed by atoms with Crippen LogP contribution in [0.15, 0.2) is 29.2 Å². The van der Waals surface area contributed by atoms with Crippen molar-refractivity contribution in [3.05, 3.63) is 24.3 Å². The maximum atomic E-state index is 11.0. The first-order chi connectivity index (χ1) is 8.70. The second kappa shape index (κ2) is 5.67. The fourth-order valence-corrected chi connectivity index (χ4v) is 1.83. The Kier molecular flexibility index (Phi) is 4.46. The second-order valence-electron chi connectivity index (χ2n) is 3.70. The monoisotopic (exact) mass is 288 g/mol. The van der Waals surface area contributed by atoms with Crippen molar-refractivity contribution in [2.45, 2.75) is 17.4 Å². The molecule has 0 aliphatic rings. The van der Waals surface area contributed by atoms with Gasteiger partial charge in [0.1, 0.15) is 6.04 Å². The van der Waals surface area contributed by atoms with E-state index >= 15 is 0 Å². The van der Waals surface area contributed by atoms with Crippen LogP contribution >= 0.6 is 0 Å². The van der Waals surface area contributed by atoms with E-state index in [1.165, 1.54) is 24.3 Å². The standard InChI is InChI=1S/C10H12N2O6S/c11-19(17,18)7-3-1-6(2-4-7)12-8(10(15)16)5-9(13)14/h1-4,8,12H,5H2,(H,13,14)(H,15,16)(H2,11,17,18). The Morgan fingerprint density at radius 3 is 2.11 bits per heavy atom. The molecule has 0 heterocycles. The molecule has 1 rings (SSSR count). The van der Waals surface area contributed by atoms with Crippen molar-refractivity contribution in [3.8, 4) is 0 Å². The molecule has 0 aliphatic heterocycles. The number of sulfonamides is 1. The normalized spacial score (nSPS) is 12.7. The summed E-state index contributed by atoms with van der Waals surface area (Å²) in [4.78, 5) is 21.2. The number of primary sulfonamides is 1. The summed E-state index contributed by atoms with van der Waals surface area (Å²) in [5, 5.41) is 24.8. The molecule has 0 radical (unpaired) electrons. The number of carbonyl (C=O) groups is 2. The molecule has 0 spiro atoms. The third-order valence-electron chi connectivity index (χ3n) is 2.20. The Morgan fingerprint density at radius 2 is 1.74 bits per heavy atom. The lowest BCUT2D eigenvalue weighted by atomic mass is 10.2. The number of nitrogens with one attached hydrogen (secondary N) is 1. The first-order valence-corrected chi connectivity index (χ1v) is 6.59. The van der Waals surface area contributed by atoms with Gasteiger partial charge in [-0.05, 0) is 24.3 Å². The summed E-state index contributed by atoms with van der Waals surface area (Å²) in [7, 11) is -3.82. The van der Waals surface area contributed by atoms with Crippen LogP contribution in [0, 0.1) is 0 Å². The average Bonchev–Trinajstić information content (AvgIpc) is 2.27. The zero-order chi connectivity index (χ0) is 14.6. The highest BCUT2D eigenvalue weighted by Crippen LogP contribution is 2.14. The lowest BCUT2D eigenvalue weighted by Gasteiger charge is -2.13. The van der Waals surface area contributed by atoms with Gasteiger partial charge >= 0.3 is 11.9 Å². The summed E-state index contributed by atoms with van der Waals surface area (Å²) in [5.41, 5.74) is 0.279. The van der Waals surface area contributed by atoms with Crippen LogP contribution in [0.4, 0.5) is 5.69 Å². The quantitative estimate of drug-likeness (QED) is 0.560. The van der Waals surface area contributed by atoms with Gasteiger partial charge in [0, 0.05) is 5.69 Å². The molecule has 1 unspecified atom stereocenters. The van der Waals surface area contributed by atoms with E-state index < -0.39 is 34.4 Å². The minimum atomic E-state index is -3.82. The lowest BCUT2D eigenvalue weighted by molar-refractivity contribution is -0.144. The maximum Gasteiger partial charge on any atom is 0.326 e. The van der Waals surface area contributed by atoms with E-state index in [1.54, 1.807) is 0 Å². The van der Waals surface area contributed by atoms with Gasteiger partial charge in [-0.15, -0.1) is 0 Å². The first-order valence-electron chi connectivity index (χ1n) is 5.04. The molecule has 19 heavy (non-hydrogen) atoms. The smallest absolute Gasteiger partial charge is 0.326 e. The third kappa shape index (κ3) is 4.56. The predicted molar refractivity (Wildman–Crippen MR) is 65.1 cm³/mol. The van der Waals surface area contributed by atoms with Crippen LogP contribution in [-0.2, 0) is 19.6 Å². The van der Waals surface area contributed by atoms with Crippen molar-refractivity contribution in [2.75, 3.05) is 5.32 Å². The van der Waals surface area contributed by atoms with Crippen molar-refractivity contribution in [3.63, 3.8) is 0 Å². The van der Waals surface area contributed by atoms with Crippen LogP contribution in [0.25, 0.3) is 0 Å². The molecular formula is C10H12N2O6S. The zero-order valence-electron chi connectivity index (χ0n) is 9.61. The molecule has 0 bridgehead atoms. The average molecular weight is 288 g/mol. The summed E-state index contributed by atoms with van der Waals surface area (Å²) < 4.78 is 22.0. The summed E-state index contributed by atoms with van der Waals surface area (Å²) >= 11 is 0. The fraction of sp³-hybridized carbons (Fsp3) is 0.200. The molecule has 0 saturated carbocycles. The summed E-state index contributed by atoms with van der Waals surface area (Å²) in [6.07, 6.45) is -0.605. The largest absolute Gasteiger partial charge is 0.481 e. The van der Waals surface area contributed by atoms with E-state index in [2.05, 4.69) is 5.32 Å². The topological polar surface area (TPSA) is 147 Å². The molecular weight excluding hydrogens is 276 g/mol. The SMILES string of the molecule is NS(=O)(=O)c1ccc(NC(CC(=O)O)C(=O)O)cc1. The Balaban J connectivity index is 2.87. The van der Waals surface area contributed by atoms with Gasteiger partial charge in [0.2, 0.25) is 10.0 Å². The van der Waals surface area contributed by atoms with Gasteiger partial charge in [0.05, 0.1) is 11.3 Å². The highest BCUT2D eigenvalue weighted by molar-refractivity contribution is 7.89. The van der Waals surface area contributed by atoms with Gasteiger partial charge in [-0.3, -0.25) is 4.79 Å². The molecule has 1 atom stereocenters. The van der Waals surface area contributed by atoms with Crippen LogP contribution < -0.4 is 10.5 Å². The summed E-state index contributed by atoms with van der Waals surface area (Å²) in [6.45, 7) is 0. The first kappa shape index (κ1) is 14.9. The van der Waals surface area contributed by atoms with Crippen LogP contribution in [0.3, 0.4) is 0 Å². The molecule has 0 aliphatic carbocycles. The molecule has 104 valence electrons. The van der Waals surface area contributed by atoms with Gasteiger partial charge in [0.25, 0.3) is 0 Å². The van der Waals surface area contributed by atoms with Gasteiger partial charge < -0.3 is 15.5 Å². The molecule has 1 aromatic rings. The zero-order valence-corrected chi connectivity index (χ0v) is 10.4. The number of carboxylic acid groups (broad SMARTS) is 2. The third-order valence-corrected chi connectivity index (χ3v) is 3.13. The number of hydrogen-bond donors (Lipinski definition) is 4. The fourth-order valence-electron chi connectivity index (χ4n) is 1.32. The molecule has 0 aromatic heterocycles. The Labute approximate surface area is 108 Å². The number of hydrogen-bond acceptors (Lipinski definition) is 5. The van der Waals surface area contributed by atoms with E-state index in [0.29, 0.717) is 0 Å². The van der Waals surface area contributed by atoms with E-state index in [4.69, 9.17) is 15.4 Å². The minimum absolute atomic E-state index is 0.122. The second-order valence-corrected chi connectivity index (χ2v) is 5.26. The Morgan fingerprint density at radius 1 is 1.21 bits per heavy atom. The Hall–Kier alpha value is -2.13. The maximum absolute atomic E-state index is 11.0. The molecule has 1 aromatic carbocycles. The van der Waals surface area contributed by atoms with Gasteiger partial charge in [-0.2, -0.15) is 0 Å². The van der Waals surface area contributed by atoms with Crippen molar-refractivity contribution in [2.24, 2.45) is 5.14 Å². The molecule has 0 fully saturated rings. The molecule has 8 nitrogen and oxygen atoms in total. The van der Waals surface area contributed by atoms with Crippen LogP contribution in [0.2, 0.25) is 0 Å². The van der Waals surface area contributed by atoms with Crippen molar-refractivity contribution < 1.29 is 28.2 Å². The van der Waals surface area contributed by atoms with Gasteiger partial charge in [-0.1, -0.05) is 0 Å². The molecule has 9 heteroatoms. The van der Waals surface area contributed by atoms with Crippen LogP contribution in [0.1, 0.15) is 6.42 Å². The molecule has 5 N–H and O–H groups in total. The van der Waals surface area contributed by atoms with Crippen LogP contribution in [0.5, 0.6) is 0 Å².